The second-order valence-corrected chi connectivity index (χ2v) is 2.13. The number of hydrogen-bond acceptors (Lipinski definition) is 3. The second kappa shape index (κ2) is 7.19. The Bertz CT molecular complexity index is 263. The van der Waals surface area contributed by atoms with Crippen LogP contribution in [-0.2, 0) is 37.4 Å². The molecular weight excluding hydrogens is 245 g/mol. The Balaban J connectivity index is 0.00000144. The van der Waals surface area contributed by atoms with E-state index in [9.17, 15) is 4.79 Å². The Kier molecular flexibility index (Phi) is 7.05. The monoisotopic (exact) mass is 254 g/mol. The Labute approximate surface area is 102 Å². The van der Waals surface area contributed by atoms with E-state index in [1.165, 1.54) is 7.11 Å². The third-order valence-electron chi connectivity index (χ3n) is 1.31. The Morgan fingerprint density at radius 2 is 2.38 bits per heavy atom. The maximum absolute atomic E-state index is 10.4. The molecule has 0 atom stereocenters. The largest absolute Gasteiger partial charge is 0.492 e. The molecule has 1 aromatic rings. The van der Waals surface area contributed by atoms with Gasteiger partial charge in [-0.2, -0.15) is 18.2 Å². The van der Waals surface area contributed by atoms with Gasteiger partial charge in [0.05, 0.1) is 6.29 Å². The summed E-state index contributed by atoms with van der Waals surface area (Å²) < 4.78 is 9.80. The van der Waals surface area contributed by atoms with Gasteiger partial charge in [-0.3, -0.25) is 0 Å². The fraction of sp³-hybridized carbons (Fsp3) is 0.222. The van der Waals surface area contributed by atoms with E-state index >= 15 is 0 Å². The van der Waals surface area contributed by atoms with Gasteiger partial charge in [-0.25, -0.2) is 0 Å². The summed E-state index contributed by atoms with van der Waals surface area (Å²) in [7, 11) is 1.52. The first-order chi connectivity index (χ1) is 5.88. The minimum Gasteiger partial charge on any atom is -0.492 e. The Morgan fingerprint density at radius 1 is 1.62 bits per heavy atom. The van der Waals surface area contributed by atoms with Crippen molar-refractivity contribution in [3.05, 3.63) is 29.8 Å². The zero-order valence-electron chi connectivity index (χ0n) is 7.32. The van der Waals surface area contributed by atoms with Gasteiger partial charge in [0.1, 0.15) is 0 Å². The van der Waals surface area contributed by atoms with Crippen molar-refractivity contribution in [1.82, 2.24) is 0 Å². The first-order valence-electron chi connectivity index (χ1n) is 3.45. The van der Waals surface area contributed by atoms with Gasteiger partial charge < -0.3 is 14.3 Å². The summed E-state index contributed by atoms with van der Waals surface area (Å²) in [4.78, 5) is 10.4. The zero-order valence-corrected chi connectivity index (χ0v) is 10.2. The fourth-order valence-corrected chi connectivity index (χ4v) is 0.775. The number of methoxy groups -OCH3 is 1. The van der Waals surface area contributed by atoms with Crippen LogP contribution in [0.2, 0.25) is 0 Å². The van der Waals surface area contributed by atoms with Crippen LogP contribution in [-0.4, -0.2) is 20.2 Å². The van der Waals surface area contributed by atoms with E-state index in [1.54, 1.807) is 18.2 Å². The molecule has 0 aliphatic heterocycles. The van der Waals surface area contributed by atoms with Gasteiger partial charge in [-0.15, -0.1) is 6.07 Å². The van der Waals surface area contributed by atoms with E-state index in [1.807, 2.05) is 0 Å². The summed E-state index contributed by atoms with van der Waals surface area (Å²) >= 11 is 0. The summed E-state index contributed by atoms with van der Waals surface area (Å²) in [6.45, 7) is 0.144. The number of hydrogen-bond donors (Lipinski definition) is 0. The van der Waals surface area contributed by atoms with E-state index in [0.717, 1.165) is 6.29 Å². The van der Waals surface area contributed by atoms with Crippen molar-refractivity contribution >= 4 is 6.29 Å². The van der Waals surface area contributed by atoms with Crippen LogP contribution in [0.5, 0.6) is 5.75 Å². The predicted molar refractivity (Wildman–Crippen MR) is 43.2 cm³/mol. The maximum Gasteiger partial charge on any atom is 0.185 e. The summed E-state index contributed by atoms with van der Waals surface area (Å²) in [6.07, 6.45) is 0.724. The SMILES string of the molecule is COCOc1cc[c-]cc1C=O.[Y]. The minimum atomic E-state index is 0. The molecule has 67 valence electrons. The van der Waals surface area contributed by atoms with Crippen LogP contribution in [0.4, 0.5) is 0 Å². The topological polar surface area (TPSA) is 35.5 Å². The van der Waals surface area contributed by atoms with Crippen LogP contribution in [0.3, 0.4) is 0 Å². The van der Waals surface area contributed by atoms with Crippen molar-refractivity contribution in [3.8, 4) is 5.75 Å². The third-order valence-corrected chi connectivity index (χ3v) is 1.31. The van der Waals surface area contributed by atoms with Gasteiger partial charge in [-0.1, -0.05) is 5.56 Å². The summed E-state index contributed by atoms with van der Waals surface area (Å²) in [5, 5.41) is 0. The molecule has 0 fully saturated rings. The van der Waals surface area contributed by atoms with Gasteiger partial charge in [0, 0.05) is 45.6 Å². The van der Waals surface area contributed by atoms with Gasteiger partial charge in [-0.05, 0) is 0 Å². The van der Waals surface area contributed by atoms with E-state index in [2.05, 4.69) is 6.07 Å². The molecule has 4 heteroatoms. The van der Waals surface area contributed by atoms with E-state index < -0.39 is 0 Å². The molecule has 0 N–H and O–H groups in total. The summed E-state index contributed by atoms with van der Waals surface area (Å²) in [6, 6.07) is 7.69. The second-order valence-electron chi connectivity index (χ2n) is 2.13. The van der Waals surface area contributed by atoms with Crippen molar-refractivity contribution in [2.45, 2.75) is 0 Å². The number of benzene rings is 1. The first-order valence-corrected chi connectivity index (χ1v) is 3.45. The minimum absolute atomic E-state index is 0. The first kappa shape index (κ1) is 12.8. The van der Waals surface area contributed by atoms with Gasteiger partial charge >= 0.3 is 0 Å². The molecule has 0 heterocycles. The molecule has 0 unspecified atom stereocenters. The summed E-state index contributed by atoms with van der Waals surface area (Å²) in [5.74, 6) is 0.519. The van der Waals surface area contributed by atoms with E-state index in [4.69, 9.17) is 9.47 Å². The molecule has 0 aliphatic carbocycles. The van der Waals surface area contributed by atoms with Gasteiger partial charge in [0.2, 0.25) is 0 Å². The molecule has 1 rings (SSSR count). The van der Waals surface area contributed by atoms with Gasteiger partial charge in [0.25, 0.3) is 0 Å². The molecule has 0 spiro atoms. The van der Waals surface area contributed by atoms with Gasteiger partial charge in [0.15, 0.2) is 6.79 Å². The van der Waals surface area contributed by atoms with Crippen molar-refractivity contribution in [2.24, 2.45) is 0 Å². The average molecular weight is 254 g/mol. The van der Waals surface area contributed by atoms with Crippen molar-refractivity contribution < 1.29 is 47.0 Å². The van der Waals surface area contributed by atoms with Crippen LogP contribution in [0.15, 0.2) is 18.2 Å². The molecule has 0 saturated carbocycles. The molecule has 1 radical (unpaired) electrons. The molecular formula is C9H9O3Y-. The van der Waals surface area contributed by atoms with Crippen LogP contribution in [0, 0.1) is 6.07 Å². The molecule has 13 heavy (non-hydrogen) atoms. The van der Waals surface area contributed by atoms with Crippen LogP contribution in [0.1, 0.15) is 10.4 Å². The normalized spacial score (nSPS) is 8.69. The van der Waals surface area contributed by atoms with E-state index in [0.29, 0.717) is 11.3 Å². The molecule has 3 nitrogen and oxygen atoms in total. The zero-order chi connectivity index (χ0) is 8.81. The van der Waals surface area contributed by atoms with Crippen molar-refractivity contribution in [2.75, 3.05) is 13.9 Å². The number of ether oxygens (including phenoxy) is 2. The van der Waals surface area contributed by atoms with Crippen molar-refractivity contribution in [1.29, 1.82) is 0 Å². The average Bonchev–Trinajstić information content (AvgIpc) is 2.15. The Hall–Kier alpha value is -0.246. The predicted octanol–water partition coefficient (Wildman–Crippen LogP) is 1.28. The summed E-state index contributed by atoms with van der Waals surface area (Å²) in [5.41, 5.74) is 0.481. The Morgan fingerprint density at radius 3 is 3.00 bits per heavy atom. The molecule has 0 aromatic heterocycles. The van der Waals surface area contributed by atoms with Crippen molar-refractivity contribution in [3.63, 3.8) is 0 Å². The quantitative estimate of drug-likeness (QED) is 0.461. The van der Waals surface area contributed by atoms with Crippen LogP contribution < -0.4 is 4.74 Å². The maximum atomic E-state index is 10.4. The number of rotatable bonds is 4. The fourth-order valence-electron chi connectivity index (χ4n) is 0.775. The number of aldehydes is 1. The number of carbonyl (C=O) groups is 1. The number of carbonyl (C=O) groups excluding carboxylic acids is 1. The standard InChI is InChI=1S/C9H9O3.Y/c1-11-7-12-9-5-3-2-4-8(9)6-10;/h3-6H,7H2,1H3;/q-1;. The molecule has 0 amide bonds. The molecule has 1 aromatic carbocycles. The smallest absolute Gasteiger partial charge is 0.185 e. The third kappa shape index (κ3) is 3.98. The molecule has 0 bridgehead atoms. The van der Waals surface area contributed by atoms with E-state index in [-0.39, 0.29) is 39.5 Å². The molecule has 0 saturated heterocycles. The van der Waals surface area contributed by atoms with Crippen LogP contribution >= 0.6 is 0 Å². The molecule has 0 aliphatic rings. The van der Waals surface area contributed by atoms with Crippen LogP contribution in [0.25, 0.3) is 0 Å².